The maximum absolute atomic E-state index is 12.5. The Kier molecular flexibility index (Phi) is 3.72. The van der Waals surface area contributed by atoms with E-state index in [1.54, 1.807) is 11.4 Å². The van der Waals surface area contributed by atoms with Gasteiger partial charge in [0.15, 0.2) is 11.5 Å². The third kappa shape index (κ3) is 2.77. The summed E-state index contributed by atoms with van der Waals surface area (Å²) in [6.07, 6.45) is 5.63. The smallest absolute Gasteiger partial charge is 0.216 e. The lowest BCUT2D eigenvalue weighted by molar-refractivity contribution is 0.311. The minimum atomic E-state index is -3.10. The molecule has 5 rings (SSSR count). The average Bonchev–Trinajstić information content (AvgIpc) is 3.57. The van der Waals surface area contributed by atoms with Gasteiger partial charge in [0.2, 0.25) is 10.0 Å². The molecule has 140 valence electrons. The van der Waals surface area contributed by atoms with E-state index >= 15 is 0 Å². The molecule has 26 heavy (non-hydrogen) atoms. The molecule has 9 heteroatoms. The first-order chi connectivity index (χ1) is 12.5. The largest absolute Gasteiger partial charge is 0.355 e. The summed E-state index contributed by atoms with van der Waals surface area (Å²) in [6, 6.07) is 4.06. The summed E-state index contributed by atoms with van der Waals surface area (Å²) in [6.45, 7) is 1.63. The van der Waals surface area contributed by atoms with E-state index in [0.29, 0.717) is 5.92 Å². The molecule has 0 bridgehead atoms. The Bertz CT molecular complexity index is 926. The molecular weight excluding hydrogens is 352 g/mol. The van der Waals surface area contributed by atoms with Crippen LogP contribution in [-0.4, -0.2) is 64.0 Å². The number of nitrogens with zero attached hydrogens (tertiary/aromatic N) is 6. The summed E-state index contributed by atoms with van der Waals surface area (Å²) < 4.78 is 28.4. The third-order valence-electron chi connectivity index (χ3n) is 5.87. The van der Waals surface area contributed by atoms with Crippen LogP contribution in [0.4, 0.5) is 5.82 Å². The normalized spacial score (nSPS) is 22.5. The highest BCUT2D eigenvalue weighted by atomic mass is 32.2. The van der Waals surface area contributed by atoms with E-state index in [4.69, 9.17) is 5.10 Å². The van der Waals surface area contributed by atoms with E-state index in [-0.39, 0.29) is 11.3 Å². The summed E-state index contributed by atoms with van der Waals surface area (Å²) in [5.74, 6) is 2.39. The van der Waals surface area contributed by atoms with Gasteiger partial charge in [-0.25, -0.2) is 12.7 Å². The van der Waals surface area contributed by atoms with Crippen molar-refractivity contribution < 1.29 is 8.42 Å². The van der Waals surface area contributed by atoms with Crippen LogP contribution in [0.25, 0.3) is 5.65 Å². The van der Waals surface area contributed by atoms with Crippen LogP contribution in [0, 0.1) is 0 Å². The van der Waals surface area contributed by atoms with Crippen LogP contribution >= 0.6 is 0 Å². The molecule has 2 aliphatic carbocycles. The zero-order valence-electron chi connectivity index (χ0n) is 15.0. The van der Waals surface area contributed by atoms with Crippen LogP contribution in [-0.2, 0) is 10.0 Å². The summed E-state index contributed by atoms with van der Waals surface area (Å²) in [4.78, 5) is 2.24. The Morgan fingerprint density at radius 3 is 2.42 bits per heavy atom. The van der Waals surface area contributed by atoms with Crippen LogP contribution in [0.3, 0.4) is 0 Å². The number of sulfonamides is 1. The highest BCUT2D eigenvalue weighted by molar-refractivity contribution is 7.90. The molecule has 0 atom stereocenters. The topological polar surface area (TPSA) is 83.7 Å². The third-order valence-corrected chi connectivity index (χ3v) is 8.28. The molecule has 1 saturated heterocycles. The molecule has 3 fully saturated rings. The predicted octanol–water partition coefficient (Wildman–Crippen LogP) is 1.39. The van der Waals surface area contributed by atoms with Gasteiger partial charge < -0.3 is 4.90 Å². The van der Waals surface area contributed by atoms with E-state index in [2.05, 4.69) is 15.1 Å². The van der Waals surface area contributed by atoms with Crippen molar-refractivity contribution in [1.82, 2.24) is 24.1 Å². The van der Waals surface area contributed by atoms with Crippen LogP contribution < -0.4 is 4.90 Å². The zero-order valence-corrected chi connectivity index (χ0v) is 15.8. The molecule has 0 N–H and O–H groups in total. The van der Waals surface area contributed by atoms with E-state index in [9.17, 15) is 8.42 Å². The molecule has 3 aliphatic rings. The van der Waals surface area contributed by atoms with Crippen LogP contribution in [0.1, 0.15) is 50.3 Å². The fourth-order valence-electron chi connectivity index (χ4n) is 3.83. The van der Waals surface area contributed by atoms with Gasteiger partial charge in [-0.3, -0.25) is 0 Å². The van der Waals surface area contributed by atoms with Gasteiger partial charge >= 0.3 is 0 Å². The van der Waals surface area contributed by atoms with Crippen molar-refractivity contribution in [2.45, 2.75) is 55.7 Å². The lowest BCUT2D eigenvalue weighted by Gasteiger charge is -2.36. The Hall–Kier alpha value is -1.74. The second-order valence-electron chi connectivity index (χ2n) is 7.77. The zero-order chi connectivity index (χ0) is 17.9. The molecule has 0 spiro atoms. The van der Waals surface area contributed by atoms with Gasteiger partial charge in [0.05, 0.1) is 5.25 Å². The number of fused-ring (bicyclic) bond motifs is 1. The van der Waals surface area contributed by atoms with Crippen molar-refractivity contribution in [2.24, 2.45) is 0 Å². The van der Waals surface area contributed by atoms with E-state index in [1.807, 2.05) is 16.6 Å². The number of anilines is 1. The summed E-state index contributed by atoms with van der Waals surface area (Å²) in [5, 5.41) is 13.1. The van der Waals surface area contributed by atoms with E-state index < -0.39 is 10.0 Å². The lowest BCUT2D eigenvalue weighted by Crippen LogP contribution is -2.46. The fraction of sp³-hybridized carbons (Fsp3) is 0.706. The highest BCUT2D eigenvalue weighted by Crippen LogP contribution is 2.39. The number of hydrogen-bond donors (Lipinski definition) is 0. The minimum absolute atomic E-state index is 0.0949. The SMILES string of the molecule is CN(C1CCN(c2ccc3nnc(C4CC4)n3n2)CC1)S(=O)(=O)C1CC1. The monoisotopic (exact) mass is 376 g/mol. The average molecular weight is 376 g/mol. The number of hydrogen-bond acceptors (Lipinski definition) is 6. The molecule has 0 amide bonds. The van der Waals surface area contributed by atoms with Crippen molar-refractivity contribution in [2.75, 3.05) is 25.0 Å². The molecule has 0 radical (unpaired) electrons. The maximum Gasteiger partial charge on any atom is 0.216 e. The van der Waals surface area contributed by atoms with Crippen LogP contribution in [0.5, 0.6) is 0 Å². The molecule has 2 aromatic rings. The molecule has 0 unspecified atom stereocenters. The lowest BCUT2D eigenvalue weighted by atomic mass is 10.1. The maximum atomic E-state index is 12.5. The van der Waals surface area contributed by atoms with Crippen molar-refractivity contribution in [1.29, 1.82) is 0 Å². The molecular formula is C17H24N6O2S. The van der Waals surface area contributed by atoms with E-state index in [1.165, 1.54) is 12.8 Å². The van der Waals surface area contributed by atoms with Gasteiger partial charge in [0.1, 0.15) is 5.82 Å². The number of aromatic nitrogens is 4. The van der Waals surface area contributed by atoms with Gasteiger partial charge in [-0.15, -0.1) is 15.3 Å². The Morgan fingerprint density at radius 2 is 1.77 bits per heavy atom. The quantitative estimate of drug-likeness (QED) is 0.784. The number of rotatable bonds is 5. The molecule has 1 aliphatic heterocycles. The minimum Gasteiger partial charge on any atom is -0.355 e. The van der Waals surface area contributed by atoms with E-state index in [0.717, 1.165) is 56.1 Å². The standard InChI is InChI=1S/C17H24N6O2S/c1-21(26(24,25)14-4-5-14)13-8-10-22(11-9-13)16-7-6-15-18-19-17(12-2-3-12)23(15)20-16/h6-7,12-14H,2-5,8-11H2,1H3. The summed E-state index contributed by atoms with van der Waals surface area (Å²) in [7, 11) is -1.35. The molecule has 2 saturated carbocycles. The molecule has 8 nitrogen and oxygen atoms in total. The summed E-state index contributed by atoms with van der Waals surface area (Å²) >= 11 is 0. The van der Waals surface area contributed by atoms with Crippen LogP contribution in [0.15, 0.2) is 12.1 Å². The van der Waals surface area contributed by atoms with Gasteiger partial charge in [0.25, 0.3) is 0 Å². The second kappa shape index (κ2) is 5.88. The Balaban J connectivity index is 1.30. The van der Waals surface area contributed by atoms with Gasteiger partial charge in [-0.05, 0) is 50.7 Å². The summed E-state index contributed by atoms with van der Waals surface area (Å²) in [5.41, 5.74) is 0.792. The highest BCUT2D eigenvalue weighted by Gasteiger charge is 2.41. The first-order valence-corrected chi connectivity index (χ1v) is 11.0. The van der Waals surface area contributed by atoms with Crippen molar-refractivity contribution in [3.8, 4) is 0 Å². The van der Waals surface area contributed by atoms with Gasteiger partial charge in [0, 0.05) is 32.1 Å². The Labute approximate surface area is 153 Å². The second-order valence-corrected chi connectivity index (χ2v) is 10.0. The predicted molar refractivity (Wildman–Crippen MR) is 97.7 cm³/mol. The van der Waals surface area contributed by atoms with Crippen molar-refractivity contribution in [3.63, 3.8) is 0 Å². The van der Waals surface area contributed by atoms with Crippen molar-refractivity contribution in [3.05, 3.63) is 18.0 Å². The molecule has 3 heterocycles. The Morgan fingerprint density at radius 1 is 1.04 bits per heavy atom. The van der Waals surface area contributed by atoms with Gasteiger partial charge in [-0.1, -0.05) is 0 Å². The fourth-order valence-corrected chi connectivity index (χ4v) is 5.66. The first-order valence-electron chi connectivity index (χ1n) is 9.48. The molecule has 2 aromatic heterocycles. The first kappa shape index (κ1) is 16.4. The number of piperidine rings is 1. The van der Waals surface area contributed by atoms with Gasteiger partial charge in [-0.2, -0.15) is 4.52 Å². The van der Waals surface area contributed by atoms with Crippen LogP contribution in [0.2, 0.25) is 0 Å². The van der Waals surface area contributed by atoms with Crippen molar-refractivity contribution >= 4 is 21.5 Å². The molecule has 0 aromatic carbocycles.